The second kappa shape index (κ2) is 4.80. The molecule has 1 saturated carbocycles. The quantitative estimate of drug-likeness (QED) is 0.835. The fourth-order valence-corrected chi connectivity index (χ4v) is 1.86. The number of nitriles is 1. The Morgan fingerprint density at radius 1 is 1.44 bits per heavy atom. The lowest BCUT2D eigenvalue weighted by atomic mass is 10.0. The molecule has 1 aromatic rings. The third-order valence-electron chi connectivity index (χ3n) is 2.81. The zero-order valence-electron chi connectivity index (χ0n) is 9.02. The molecule has 1 fully saturated rings. The van der Waals surface area contributed by atoms with Crippen molar-refractivity contribution >= 4 is 5.91 Å². The summed E-state index contributed by atoms with van der Waals surface area (Å²) in [5, 5.41) is 11.4. The minimum Gasteiger partial charge on any atom is -0.348 e. The maximum Gasteiger partial charge on any atom is 0.234 e. The Balaban J connectivity index is 2.07. The highest BCUT2D eigenvalue weighted by Gasteiger charge is 2.33. The second-order valence-corrected chi connectivity index (χ2v) is 4.13. The van der Waals surface area contributed by atoms with Gasteiger partial charge in [-0.15, -0.1) is 0 Å². The van der Waals surface area contributed by atoms with E-state index in [1.807, 2.05) is 36.4 Å². The van der Waals surface area contributed by atoms with Gasteiger partial charge in [0.05, 0.1) is 12.1 Å². The number of rotatable bonds is 4. The lowest BCUT2D eigenvalue weighted by molar-refractivity contribution is -0.121. The molecule has 0 saturated heterocycles. The van der Waals surface area contributed by atoms with E-state index in [2.05, 4.69) is 5.32 Å². The van der Waals surface area contributed by atoms with Crippen molar-refractivity contribution in [1.82, 2.24) is 5.32 Å². The second-order valence-electron chi connectivity index (χ2n) is 4.13. The van der Waals surface area contributed by atoms with Gasteiger partial charge >= 0.3 is 0 Å². The molecule has 1 aliphatic carbocycles. The molecule has 1 N–H and O–H groups in total. The van der Waals surface area contributed by atoms with Gasteiger partial charge in [0.1, 0.15) is 6.42 Å². The van der Waals surface area contributed by atoms with Crippen LogP contribution in [-0.2, 0) is 4.79 Å². The Bertz CT molecular complexity index is 404. The van der Waals surface area contributed by atoms with Crippen LogP contribution in [0.4, 0.5) is 0 Å². The highest BCUT2D eigenvalue weighted by atomic mass is 16.1. The lowest BCUT2D eigenvalue weighted by Gasteiger charge is -2.17. The molecule has 0 spiro atoms. The molecule has 0 heterocycles. The van der Waals surface area contributed by atoms with E-state index in [1.54, 1.807) is 0 Å². The third kappa shape index (κ3) is 2.60. The minimum absolute atomic E-state index is 0.0595. The standard InChI is InChI=1S/C13H14N2O/c14-9-8-12(16)15-13(11-6-7-11)10-4-2-1-3-5-10/h1-5,11,13H,6-8H2,(H,15,16)/t13-/m1/s1. The van der Waals surface area contributed by atoms with Crippen molar-refractivity contribution in [1.29, 1.82) is 5.26 Å². The summed E-state index contributed by atoms with van der Waals surface area (Å²) in [5.74, 6) is 0.369. The van der Waals surface area contributed by atoms with Gasteiger partial charge in [-0.25, -0.2) is 0 Å². The van der Waals surface area contributed by atoms with Gasteiger partial charge in [-0.1, -0.05) is 30.3 Å². The molecule has 0 aliphatic heterocycles. The van der Waals surface area contributed by atoms with Gasteiger partial charge in [-0.3, -0.25) is 4.79 Å². The van der Waals surface area contributed by atoms with Gasteiger partial charge in [-0.05, 0) is 24.3 Å². The third-order valence-corrected chi connectivity index (χ3v) is 2.81. The van der Waals surface area contributed by atoms with Crippen LogP contribution in [0.15, 0.2) is 30.3 Å². The molecule has 3 heteroatoms. The summed E-state index contributed by atoms with van der Waals surface area (Å²) in [6.45, 7) is 0. The van der Waals surface area contributed by atoms with Crippen molar-refractivity contribution in [3.63, 3.8) is 0 Å². The minimum atomic E-state index is -0.178. The Hall–Kier alpha value is -1.82. The first kappa shape index (κ1) is 10.7. The average molecular weight is 214 g/mol. The van der Waals surface area contributed by atoms with Gasteiger partial charge in [0.25, 0.3) is 0 Å². The Morgan fingerprint density at radius 3 is 2.69 bits per heavy atom. The van der Waals surface area contributed by atoms with Crippen LogP contribution in [0.25, 0.3) is 0 Å². The smallest absolute Gasteiger partial charge is 0.234 e. The molecule has 0 bridgehead atoms. The van der Waals surface area contributed by atoms with Crippen molar-refractivity contribution in [3.8, 4) is 6.07 Å². The van der Waals surface area contributed by atoms with E-state index < -0.39 is 0 Å². The van der Waals surface area contributed by atoms with E-state index in [0.717, 1.165) is 18.4 Å². The zero-order chi connectivity index (χ0) is 11.4. The summed E-state index contributed by atoms with van der Waals surface area (Å²) < 4.78 is 0. The average Bonchev–Trinajstić information content (AvgIpc) is 3.11. The summed E-state index contributed by atoms with van der Waals surface area (Å²) in [6.07, 6.45) is 2.26. The Morgan fingerprint density at radius 2 is 2.12 bits per heavy atom. The number of carbonyl (C=O) groups is 1. The van der Waals surface area contributed by atoms with Crippen LogP contribution in [0.3, 0.4) is 0 Å². The topological polar surface area (TPSA) is 52.9 Å². The van der Waals surface area contributed by atoms with Gasteiger partial charge in [0.2, 0.25) is 5.91 Å². The molecule has 1 amide bonds. The molecule has 0 unspecified atom stereocenters. The van der Waals surface area contributed by atoms with Crippen LogP contribution in [0.2, 0.25) is 0 Å². The molecule has 3 nitrogen and oxygen atoms in total. The monoisotopic (exact) mass is 214 g/mol. The summed E-state index contributed by atoms with van der Waals surface area (Å²) in [6, 6.07) is 11.9. The number of nitrogens with zero attached hydrogens (tertiary/aromatic N) is 1. The Labute approximate surface area is 95.1 Å². The summed E-state index contributed by atoms with van der Waals surface area (Å²) >= 11 is 0. The maximum absolute atomic E-state index is 11.4. The predicted octanol–water partition coefficient (Wildman–Crippen LogP) is 2.17. The molecule has 82 valence electrons. The number of carbonyl (C=O) groups excluding carboxylic acids is 1. The van der Waals surface area contributed by atoms with Crippen LogP contribution in [0.5, 0.6) is 0 Å². The van der Waals surface area contributed by atoms with E-state index >= 15 is 0 Å². The van der Waals surface area contributed by atoms with E-state index in [-0.39, 0.29) is 18.4 Å². The fourth-order valence-electron chi connectivity index (χ4n) is 1.86. The number of hydrogen-bond acceptors (Lipinski definition) is 2. The van der Waals surface area contributed by atoms with Crippen LogP contribution in [-0.4, -0.2) is 5.91 Å². The lowest BCUT2D eigenvalue weighted by Crippen LogP contribution is -2.29. The van der Waals surface area contributed by atoms with Crippen LogP contribution >= 0.6 is 0 Å². The molecule has 2 rings (SSSR count). The molecule has 1 aromatic carbocycles. The normalized spacial score (nSPS) is 16.2. The van der Waals surface area contributed by atoms with Crippen molar-refractivity contribution in [2.75, 3.05) is 0 Å². The number of nitrogens with one attached hydrogen (secondary N) is 1. The van der Waals surface area contributed by atoms with E-state index in [4.69, 9.17) is 5.26 Å². The summed E-state index contributed by atoms with van der Waals surface area (Å²) in [7, 11) is 0. The molecule has 0 aromatic heterocycles. The molecule has 0 radical (unpaired) electrons. The van der Waals surface area contributed by atoms with Gasteiger partial charge in [0.15, 0.2) is 0 Å². The Kier molecular flexibility index (Phi) is 3.21. The molecular formula is C13H14N2O. The zero-order valence-corrected chi connectivity index (χ0v) is 9.02. The molecule has 1 aliphatic rings. The first-order valence-electron chi connectivity index (χ1n) is 5.52. The van der Waals surface area contributed by atoms with E-state index in [0.29, 0.717) is 5.92 Å². The molecular weight excluding hydrogens is 200 g/mol. The first-order valence-corrected chi connectivity index (χ1v) is 5.52. The fraction of sp³-hybridized carbons (Fsp3) is 0.385. The maximum atomic E-state index is 11.4. The number of hydrogen-bond donors (Lipinski definition) is 1. The largest absolute Gasteiger partial charge is 0.348 e. The van der Waals surface area contributed by atoms with Gasteiger partial charge in [-0.2, -0.15) is 5.26 Å². The molecule has 16 heavy (non-hydrogen) atoms. The van der Waals surface area contributed by atoms with Crippen LogP contribution in [0, 0.1) is 17.2 Å². The van der Waals surface area contributed by atoms with Crippen molar-refractivity contribution in [2.45, 2.75) is 25.3 Å². The predicted molar refractivity (Wildman–Crippen MR) is 60.3 cm³/mol. The highest BCUT2D eigenvalue weighted by Crippen LogP contribution is 2.40. The van der Waals surface area contributed by atoms with Crippen molar-refractivity contribution < 1.29 is 4.79 Å². The van der Waals surface area contributed by atoms with Crippen LogP contribution < -0.4 is 5.32 Å². The first-order chi connectivity index (χ1) is 7.81. The highest BCUT2D eigenvalue weighted by molar-refractivity contribution is 5.78. The van der Waals surface area contributed by atoms with Gasteiger partial charge in [0, 0.05) is 0 Å². The van der Waals surface area contributed by atoms with E-state index in [1.165, 1.54) is 0 Å². The van der Waals surface area contributed by atoms with Crippen molar-refractivity contribution in [3.05, 3.63) is 35.9 Å². The summed E-state index contributed by atoms with van der Waals surface area (Å²) in [4.78, 5) is 11.4. The van der Waals surface area contributed by atoms with E-state index in [9.17, 15) is 4.79 Å². The van der Waals surface area contributed by atoms with Gasteiger partial charge < -0.3 is 5.32 Å². The summed E-state index contributed by atoms with van der Waals surface area (Å²) in [5.41, 5.74) is 1.14. The molecule has 1 atom stereocenters. The van der Waals surface area contributed by atoms with Crippen molar-refractivity contribution in [2.24, 2.45) is 5.92 Å². The van der Waals surface area contributed by atoms with Crippen LogP contribution in [0.1, 0.15) is 30.9 Å². The SMILES string of the molecule is N#CCC(=O)N[C@H](c1ccccc1)C1CC1. The number of benzene rings is 1. The number of amides is 1.